The molecule has 2 aromatic carbocycles. The summed E-state index contributed by atoms with van der Waals surface area (Å²) in [6.07, 6.45) is 6.08. The van der Waals surface area contributed by atoms with Crippen LogP contribution in [0.3, 0.4) is 0 Å². The number of aromatic nitrogens is 2. The smallest absolute Gasteiger partial charge is 0.305 e. The zero-order chi connectivity index (χ0) is 25.9. The van der Waals surface area contributed by atoms with E-state index < -0.39 is 5.97 Å². The molecule has 3 aromatic rings. The molecule has 0 aliphatic carbocycles. The van der Waals surface area contributed by atoms with Crippen LogP contribution in [-0.2, 0) is 4.79 Å². The van der Waals surface area contributed by atoms with E-state index >= 15 is 0 Å². The molecule has 190 valence electrons. The molecule has 1 aromatic heterocycles. The van der Waals surface area contributed by atoms with Gasteiger partial charge in [0.1, 0.15) is 6.61 Å². The fourth-order valence-electron chi connectivity index (χ4n) is 3.38. The first-order valence-corrected chi connectivity index (χ1v) is 12.4. The van der Waals surface area contributed by atoms with Gasteiger partial charge in [-0.3, -0.25) is 9.59 Å². The van der Waals surface area contributed by atoms with Crippen molar-refractivity contribution in [2.45, 2.75) is 38.6 Å². The molecule has 0 radical (unpaired) electrons. The second-order valence-corrected chi connectivity index (χ2v) is 8.98. The number of hydrogen-bond acceptors (Lipinski definition) is 6. The molecule has 0 aliphatic rings. The van der Waals surface area contributed by atoms with Gasteiger partial charge in [-0.2, -0.15) is 0 Å². The van der Waals surface area contributed by atoms with E-state index in [2.05, 4.69) is 27.5 Å². The third kappa shape index (κ3) is 8.39. The van der Waals surface area contributed by atoms with Gasteiger partial charge in [0.25, 0.3) is 5.91 Å². The molecule has 0 bridgehead atoms. The Morgan fingerprint density at radius 3 is 2.44 bits per heavy atom. The number of carbonyl (C=O) groups excluding carboxylic acids is 1. The zero-order valence-corrected chi connectivity index (χ0v) is 21.4. The number of halogens is 2. The van der Waals surface area contributed by atoms with Gasteiger partial charge >= 0.3 is 5.97 Å². The number of hydrogen-bond donors (Lipinski definition) is 3. The number of anilines is 1. The predicted molar refractivity (Wildman–Crippen MR) is 141 cm³/mol. The normalized spacial score (nSPS) is 11.5. The Kier molecular flexibility index (Phi) is 10.3. The summed E-state index contributed by atoms with van der Waals surface area (Å²) in [6.45, 7) is 2.62. The molecule has 3 rings (SSSR count). The Hall–Kier alpha value is -3.36. The van der Waals surface area contributed by atoms with Crippen molar-refractivity contribution in [2.75, 3.05) is 18.5 Å². The molecular weight excluding hydrogens is 503 g/mol. The van der Waals surface area contributed by atoms with Crippen LogP contribution in [0.5, 0.6) is 5.75 Å². The van der Waals surface area contributed by atoms with Crippen LogP contribution in [0.15, 0.2) is 54.9 Å². The molecular formula is C26H28Cl2N4O4. The van der Waals surface area contributed by atoms with Gasteiger partial charge in [-0.15, -0.1) is 0 Å². The van der Waals surface area contributed by atoms with E-state index in [-0.39, 0.29) is 24.9 Å². The number of unbranched alkanes of at least 4 members (excludes halogenated alkanes) is 1. The molecule has 0 fully saturated rings. The van der Waals surface area contributed by atoms with Crippen molar-refractivity contribution in [3.63, 3.8) is 0 Å². The number of benzene rings is 2. The maximum atomic E-state index is 12.1. The van der Waals surface area contributed by atoms with Crippen molar-refractivity contribution in [3.8, 4) is 17.1 Å². The van der Waals surface area contributed by atoms with Crippen LogP contribution in [0, 0.1) is 0 Å². The van der Waals surface area contributed by atoms with Crippen LogP contribution in [0.25, 0.3) is 11.4 Å². The van der Waals surface area contributed by atoms with Gasteiger partial charge in [0, 0.05) is 28.4 Å². The highest BCUT2D eigenvalue weighted by Gasteiger charge is 2.12. The highest BCUT2D eigenvalue weighted by Crippen LogP contribution is 2.28. The van der Waals surface area contributed by atoms with E-state index in [1.165, 1.54) is 0 Å². The number of aliphatic carboxylic acids is 1. The number of rotatable bonds is 13. The standard InChI is InChI=1S/C26H28Cl2N4O4/c1-2-3-4-20(32-19-8-5-17(6-9-19)26(35)29-12-11-24(33)34)16-36-21-14-30-25(31-15-21)22-10-7-18(27)13-23(22)28/h5-10,13-15,20,32H,2-4,11-12,16H2,1H3,(H,29,35)(H,33,34)/t20-/m0/s1. The lowest BCUT2D eigenvalue weighted by Gasteiger charge is -2.20. The van der Waals surface area contributed by atoms with Gasteiger partial charge in [0.2, 0.25) is 0 Å². The number of carboxylic acids is 1. The third-order valence-corrected chi connectivity index (χ3v) is 5.85. The molecule has 0 aliphatic heterocycles. The minimum absolute atomic E-state index is 0.0329. The van der Waals surface area contributed by atoms with Gasteiger partial charge in [0.05, 0.1) is 29.9 Å². The number of nitrogens with zero attached hydrogens (tertiary/aromatic N) is 2. The first kappa shape index (κ1) is 27.2. The number of carboxylic acid groups (broad SMARTS) is 1. The quantitative estimate of drug-likeness (QED) is 0.259. The van der Waals surface area contributed by atoms with Crippen LogP contribution in [0.1, 0.15) is 43.0 Å². The molecule has 1 atom stereocenters. The van der Waals surface area contributed by atoms with Crippen LogP contribution < -0.4 is 15.4 Å². The summed E-state index contributed by atoms with van der Waals surface area (Å²) in [6, 6.07) is 12.2. The molecule has 1 amide bonds. The van der Waals surface area contributed by atoms with Crippen LogP contribution in [-0.4, -0.2) is 46.1 Å². The SMILES string of the molecule is CCCC[C@@H](COc1cnc(-c2ccc(Cl)cc2Cl)nc1)Nc1ccc(C(=O)NCCC(=O)O)cc1. The van der Waals surface area contributed by atoms with Crippen molar-refractivity contribution >= 4 is 40.8 Å². The van der Waals surface area contributed by atoms with E-state index in [0.29, 0.717) is 39.4 Å². The van der Waals surface area contributed by atoms with Crippen molar-refractivity contribution in [1.82, 2.24) is 15.3 Å². The molecule has 3 N–H and O–H groups in total. The molecule has 0 saturated heterocycles. The Morgan fingerprint density at radius 1 is 1.08 bits per heavy atom. The molecule has 0 spiro atoms. The molecule has 8 nitrogen and oxygen atoms in total. The minimum atomic E-state index is -0.955. The molecule has 10 heteroatoms. The minimum Gasteiger partial charge on any atom is -0.488 e. The average molecular weight is 531 g/mol. The summed E-state index contributed by atoms with van der Waals surface area (Å²) >= 11 is 12.2. The summed E-state index contributed by atoms with van der Waals surface area (Å²) in [5.74, 6) is -0.238. The Morgan fingerprint density at radius 2 is 1.81 bits per heavy atom. The molecule has 36 heavy (non-hydrogen) atoms. The molecule has 0 saturated carbocycles. The Labute approximate surface area is 220 Å². The van der Waals surface area contributed by atoms with Gasteiger partial charge in [-0.25, -0.2) is 9.97 Å². The number of carbonyl (C=O) groups is 2. The lowest BCUT2D eigenvalue weighted by atomic mass is 10.1. The number of ether oxygens (including phenoxy) is 1. The van der Waals surface area contributed by atoms with Gasteiger partial charge < -0.3 is 20.5 Å². The van der Waals surface area contributed by atoms with E-state index in [1.54, 1.807) is 42.7 Å². The van der Waals surface area contributed by atoms with Crippen molar-refractivity contribution in [1.29, 1.82) is 0 Å². The summed E-state index contributed by atoms with van der Waals surface area (Å²) in [4.78, 5) is 31.5. The second kappa shape index (κ2) is 13.7. The summed E-state index contributed by atoms with van der Waals surface area (Å²) in [7, 11) is 0. The first-order valence-electron chi connectivity index (χ1n) is 11.6. The zero-order valence-electron chi connectivity index (χ0n) is 19.8. The Bertz CT molecular complexity index is 1160. The van der Waals surface area contributed by atoms with Crippen molar-refractivity contribution in [3.05, 3.63) is 70.5 Å². The summed E-state index contributed by atoms with van der Waals surface area (Å²) in [5, 5.41) is 15.8. The highest BCUT2D eigenvalue weighted by atomic mass is 35.5. The second-order valence-electron chi connectivity index (χ2n) is 8.14. The van der Waals surface area contributed by atoms with E-state index in [9.17, 15) is 9.59 Å². The van der Waals surface area contributed by atoms with Crippen LogP contribution in [0.4, 0.5) is 5.69 Å². The fourth-order valence-corrected chi connectivity index (χ4v) is 3.88. The largest absolute Gasteiger partial charge is 0.488 e. The van der Waals surface area contributed by atoms with E-state index in [1.807, 2.05) is 12.1 Å². The summed E-state index contributed by atoms with van der Waals surface area (Å²) in [5.41, 5.74) is 2.00. The predicted octanol–water partition coefficient (Wildman–Crippen LogP) is 5.70. The first-order chi connectivity index (χ1) is 17.4. The Balaban J connectivity index is 1.57. The monoisotopic (exact) mass is 530 g/mol. The highest BCUT2D eigenvalue weighted by molar-refractivity contribution is 6.36. The van der Waals surface area contributed by atoms with Crippen LogP contribution in [0.2, 0.25) is 10.0 Å². The van der Waals surface area contributed by atoms with Crippen LogP contribution >= 0.6 is 23.2 Å². The number of amides is 1. The van der Waals surface area contributed by atoms with Gasteiger partial charge in [-0.05, 0) is 48.9 Å². The maximum absolute atomic E-state index is 12.1. The topological polar surface area (TPSA) is 113 Å². The summed E-state index contributed by atoms with van der Waals surface area (Å²) < 4.78 is 5.95. The van der Waals surface area contributed by atoms with Gasteiger partial charge in [0.15, 0.2) is 11.6 Å². The maximum Gasteiger partial charge on any atom is 0.305 e. The lowest BCUT2D eigenvalue weighted by Crippen LogP contribution is -2.27. The van der Waals surface area contributed by atoms with E-state index in [0.717, 1.165) is 24.9 Å². The van der Waals surface area contributed by atoms with E-state index in [4.69, 9.17) is 33.0 Å². The number of nitrogens with one attached hydrogen (secondary N) is 2. The fraction of sp³-hybridized carbons (Fsp3) is 0.308. The van der Waals surface area contributed by atoms with Crippen molar-refractivity contribution < 1.29 is 19.4 Å². The third-order valence-electron chi connectivity index (χ3n) is 5.30. The molecule has 1 heterocycles. The van der Waals surface area contributed by atoms with Crippen molar-refractivity contribution in [2.24, 2.45) is 0 Å². The average Bonchev–Trinajstić information content (AvgIpc) is 2.86. The lowest BCUT2D eigenvalue weighted by molar-refractivity contribution is -0.136. The van der Waals surface area contributed by atoms with Gasteiger partial charge in [-0.1, -0.05) is 43.0 Å². The molecule has 0 unspecified atom stereocenters.